The molecule has 0 saturated carbocycles. The average molecular weight is 314 g/mol. The molecule has 0 unspecified atom stereocenters. The Labute approximate surface area is 112 Å². The summed E-state index contributed by atoms with van der Waals surface area (Å²) in [5, 5.41) is 7.11. The van der Waals surface area contributed by atoms with Crippen molar-refractivity contribution in [3.05, 3.63) is 38.3 Å². The quantitative estimate of drug-likeness (QED) is 0.946. The van der Waals surface area contributed by atoms with E-state index in [4.69, 9.17) is 0 Å². The van der Waals surface area contributed by atoms with E-state index in [-0.39, 0.29) is 5.91 Å². The van der Waals surface area contributed by atoms with E-state index in [9.17, 15) is 4.79 Å². The van der Waals surface area contributed by atoms with Gasteiger partial charge in [-0.15, -0.1) is 11.3 Å². The number of aryl methyl sites for hydroxylation is 2. The standard InChI is InChI=1S/C11H12BrN3OS/c1-7-8(6-15(2)14-7)5-13-11(16)9-3-4-10(12)17-9/h3-4,6H,5H2,1-2H3,(H,13,16). The number of nitrogens with one attached hydrogen (secondary N) is 1. The van der Waals surface area contributed by atoms with Gasteiger partial charge < -0.3 is 5.32 Å². The van der Waals surface area contributed by atoms with Gasteiger partial charge in [-0.1, -0.05) is 0 Å². The number of amides is 1. The number of carbonyl (C=O) groups excluding carboxylic acids is 1. The zero-order valence-electron chi connectivity index (χ0n) is 9.53. The van der Waals surface area contributed by atoms with Gasteiger partial charge >= 0.3 is 0 Å². The highest BCUT2D eigenvalue weighted by Crippen LogP contribution is 2.21. The molecule has 0 aliphatic carbocycles. The highest BCUT2D eigenvalue weighted by molar-refractivity contribution is 9.11. The van der Waals surface area contributed by atoms with Gasteiger partial charge in [-0.25, -0.2) is 0 Å². The summed E-state index contributed by atoms with van der Waals surface area (Å²) in [6.45, 7) is 2.44. The Balaban J connectivity index is 1.99. The molecule has 0 radical (unpaired) electrons. The Morgan fingerprint density at radius 2 is 2.35 bits per heavy atom. The van der Waals surface area contributed by atoms with Crippen LogP contribution >= 0.6 is 27.3 Å². The summed E-state index contributed by atoms with van der Waals surface area (Å²) in [6.07, 6.45) is 1.92. The molecule has 2 aromatic heterocycles. The summed E-state index contributed by atoms with van der Waals surface area (Å²) < 4.78 is 2.71. The molecule has 2 aromatic rings. The Bertz CT molecular complexity index is 547. The van der Waals surface area contributed by atoms with Gasteiger partial charge in [0, 0.05) is 25.4 Å². The molecule has 0 atom stereocenters. The monoisotopic (exact) mass is 313 g/mol. The number of hydrogen-bond donors (Lipinski definition) is 1. The Hall–Kier alpha value is -1.14. The van der Waals surface area contributed by atoms with Gasteiger partial charge in [-0.3, -0.25) is 9.48 Å². The van der Waals surface area contributed by atoms with Crippen LogP contribution in [0.2, 0.25) is 0 Å². The molecule has 2 rings (SSSR count). The largest absolute Gasteiger partial charge is 0.347 e. The van der Waals surface area contributed by atoms with E-state index in [2.05, 4.69) is 26.3 Å². The fourth-order valence-corrected chi connectivity index (χ4v) is 2.82. The molecule has 1 N–H and O–H groups in total. The number of nitrogens with zero attached hydrogens (tertiary/aromatic N) is 2. The SMILES string of the molecule is Cc1nn(C)cc1CNC(=O)c1ccc(Br)s1. The van der Waals surface area contributed by atoms with Gasteiger partial charge in [0.15, 0.2) is 0 Å². The average Bonchev–Trinajstić information content (AvgIpc) is 2.82. The van der Waals surface area contributed by atoms with E-state index in [0.717, 1.165) is 15.0 Å². The summed E-state index contributed by atoms with van der Waals surface area (Å²) >= 11 is 4.76. The lowest BCUT2D eigenvalue weighted by Crippen LogP contribution is -2.21. The summed E-state index contributed by atoms with van der Waals surface area (Å²) in [5.74, 6) is -0.0519. The molecule has 0 bridgehead atoms. The molecule has 6 heteroatoms. The smallest absolute Gasteiger partial charge is 0.261 e. The van der Waals surface area contributed by atoms with Crippen LogP contribution in [0.1, 0.15) is 20.9 Å². The van der Waals surface area contributed by atoms with Gasteiger partial charge in [0.1, 0.15) is 0 Å². The zero-order chi connectivity index (χ0) is 12.4. The van der Waals surface area contributed by atoms with Gasteiger partial charge in [-0.05, 0) is 35.0 Å². The Morgan fingerprint density at radius 3 is 2.88 bits per heavy atom. The fourth-order valence-electron chi connectivity index (χ4n) is 1.52. The lowest BCUT2D eigenvalue weighted by atomic mass is 10.2. The van der Waals surface area contributed by atoms with Gasteiger partial charge in [0.2, 0.25) is 0 Å². The molecule has 0 spiro atoms. The maximum atomic E-state index is 11.8. The normalized spacial score (nSPS) is 10.5. The van der Waals surface area contributed by atoms with Crippen molar-refractivity contribution in [1.29, 1.82) is 0 Å². The lowest BCUT2D eigenvalue weighted by Gasteiger charge is -2.01. The van der Waals surface area contributed by atoms with Crippen LogP contribution in [-0.2, 0) is 13.6 Å². The molecule has 1 amide bonds. The van der Waals surface area contributed by atoms with Crippen molar-refractivity contribution in [2.45, 2.75) is 13.5 Å². The fraction of sp³-hybridized carbons (Fsp3) is 0.273. The second-order valence-corrected chi connectivity index (χ2v) is 6.16. The molecule has 0 aliphatic rings. The van der Waals surface area contributed by atoms with Crippen LogP contribution in [0, 0.1) is 6.92 Å². The molecule has 0 aliphatic heterocycles. The third-order valence-electron chi connectivity index (χ3n) is 2.35. The minimum Gasteiger partial charge on any atom is -0.347 e. The van der Waals surface area contributed by atoms with Gasteiger partial charge in [0.05, 0.1) is 14.4 Å². The Kier molecular flexibility index (Phi) is 3.63. The van der Waals surface area contributed by atoms with Crippen LogP contribution in [-0.4, -0.2) is 15.7 Å². The molecule has 0 saturated heterocycles. The van der Waals surface area contributed by atoms with E-state index in [1.54, 1.807) is 10.7 Å². The molecule has 4 nitrogen and oxygen atoms in total. The molecular weight excluding hydrogens is 302 g/mol. The van der Waals surface area contributed by atoms with Crippen LogP contribution in [0.15, 0.2) is 22.1 Å². The summed E-state index contributed by atoms with van der Waals surface area (Å²) in [4.78, 5) is 12.5. The van der Waals surface area contributed by atoms with Crippen molar-refractivity contribution in [1.82, 2.24) is 15.1 Å². The minimum absolute atomic E-state index is 0.0519. The molecule has 17 heavy (non-hydrogen) atoms. The molecule has 0 fully saturated rings. The highest BCUT2D eigenvalue weighted by Gasteiger charge is 2.09. The molecule has 2 heterocycles. The predicted molar refractivity (Wildman–Crippen MR) is 71.1 cm³/mol. The first-order valence-electron chi connectivity index (χ1n) is 5.09. The summed E-state index contributed by atoms with van der Waals surface area (Å²) in [6, 6.07) is 3.68. The number of carbonyl (C=O) groups is 1. The predicted octanol–water partition coefficient (Wildman–Crippen LogP) is 2.48. The second kappa shape index (κ2) is 5.01. The third-order valence-corrected chi connectivity index (χ3v) is 3.97. The van der Waals surface area contributed by atoms with E-state index in [1.807, 2.05) is 26.2 Å². The van der Waals surface area contributed by atoms with Crippen LogP contribution in [0.3, 0.4) is 0 Å². The van der Waals surface area contributed by atoms with Crippen molar-refractivity contribution in [2.24, 2.45) is 7.05 Å². The number of halogens is 1. The van der Waals surface area contributed by atoms with E-state index in [1.165, 1.54) is 11.3 Å². The first-order valence-corrected chi connectivity index (χ1v) is 6.70. The number of aromatic nitrogens is 2. The maximum Gasteiger partial charge on any atom is 0.261 e. The van der Waals surface area contributed by atoms with Gasteiger partial charge in [-0.2, -0.15) is 5.10 Å². The van der Waals surface area contributed by atoms with Crippen LogP contribution in [0.25, 0.3) is 0 Å². The van der Waals surface area contributed by atoms with Gasteiger partial charge in [0.25, 0.3) is 5.91 Å². The van der Waals surface area contributed by atoms with Crippen LogP contribution in [0.5, 0.6) is 0 Å². The second-order valence-electron chi connectivity index (χ2n) is 3.70. The molecule has 90 valence electrons. The maximum absolute atomic E-state index is 11.8. The first kappa shape index (κ1) is 12.3. The van der Waals surface area contributed by atoms with Crippen molar-refractivity contribution < 1.29 is 4.79 Å². The number of thiophene rings is 1. The van der Waals surface area contributed by atoms with Crippen molar-refractivity contribution in [3.8, 4) is 0 Å². The Morgan fingerprint density at radius 1 is 1.59 bits per heavy atom. The number of rotatable bonds is 3. The van der Waals surface area contributed by atoms with Crippen LogP contribution in [0.4, 0.5) is 0 Å². The molecule has 0 aromatic carbocycles. The highest BCUT2D eigenvalue weighted by atomic mass is 79.9. The van der Waals surface area contributed by atoms with E-state index >= 15 is 0 Å². The third kappa shape index (κ3) is 2.95. The van der Waals surface area contributed by atoms with Crippen LogP contribution < -0.4 is 5.32 Å². The topological polar surface area (TPSA) is 46.9 Å². The van der Waals surface area contributed by atoms with E-state index < -0.39 is 0 Å². The number of hydrogen-bond acceptors (Lipinski definition) is 3. The zero-order valence-corrected chi connectivity index (χ0v) is 11.9. The summed E-state index contributed by atoms with van der Waals surface area (Å²) in [7, 11) is 1.87. The molecular formula is C11H12BrN3OS. The lowest BCUT2D eigenvalue weighted by molar-refractivity contribution is 0.0955. The minimum atomic E-state index is -0.0519. The van der Waals surface area contributed by atoms with E-state index in [0.29, 0.717) is 11.4 Å². The van der Waals surface area contributed by atoms with Crippen molar-refractivity contribution in [2.75, 3.05) is 0 Å². The van der Waals surface area contributed by atoms with Crippen molar-refractivity contribution in [3.63, 3.8) is 0 Å². The summed E-state index contributed by atoms with van der Waals surface area (Å²) in [5.41, 5.74) is 1.98. The first-order chi connectivity index (χ1) is 8.06. The van der Waals surface area contributed by atoms with Crippen molar-refractivity contribution >= 4 is 33.2 Å².